The van der Waals surface area contributed by atoms with Gasteiger partial charge in [-0.2, -0.15) is 0 Å². The van der Waals surface area contributed by atoms with E-state index in [2.05, 4.69) is 52.6 Å². The summed E-state index contributed by atoms with van der Waals surface area (Å²) in [6, 6.07) is 4.09. The van der Waals surface area contributed by atoms with Gasteiger partial charge in [0.15, 0.2) is 5.82 Å². The number of hydrogen-bond acceptors (Lipinski definition) is 5. The predicted octanol–water partition coefficient (Wildman–Crippen LogP) is 3.65. The second-order valence-electron chi connectivity index (χ2n) is 4.08. The van der Waals surface area contributed by atoms with Crippen LogP contribution in [0.2, 0.25) is 0 Å². The number of halogens is 2. The van der Waals surface area contributed by atoms with Gasteiger partial charge in [0.05, 0.1) is 0 Å². The Morgan fingerprint density at radius 1 is 1.00 bits per heavy atom. The molecule has 0 aliphatic carbocycles. The van der Waals surface area contributed by atoms with Crippen LogP contribution >= 0.6 is 31.9 Å². The molecule has 1 heterocycles. The molecule has 2 aromatic rings. The average molecular weight is 387 g/mol. The fourth-order valence-electron chi connectivity index (χ4n) is 1.71. The van der Waals surface area contributed by atoms with Gasteiger partial charge in [0.25, 0.3) is 0 Å². The molecular weight excluding hydrogens is 374 g/mol. The van der Waals surface area contributed by atoms with Gasteiger partial charge in [-0.25, -0.2) is 15.8 Å². The van der Waals surface area contributed by atoms with Crippen molar-refractivity contribution >= 4 is 49.2 Å². The summed E-state index contributed by atoms with van der Waals surface area (Å²) in [4.78, 5) is 8.19. The summed E-state index contributed by atoms with van der Waals surface area (Å²) < 4.78 is 1.81. The summed E-state index contributed by atoms with van der Waals surface area (Å²) >= 11 is 6.96. The zero-order valence-electron chi connectivity index (χ0n) is 10.5. The van der Waals surface area contributed by atoms with E-state index in [9.17, 15) is 0 Å². The van der Waals surface area contributed by atoms with E-state index in [1.807, 2.05) is 26.0 Å². The predicted molar refractivity (Wildman–Crippen MR) is 84.4 cm³/mol. The molecule has 0 amide bonds. The summed E-state index contributed by atoms with van der Waals surface area (Å²) in [5.41, 5.74) is 5.78. The maximum absolute atomic E-state index is 5.38. The largest absolute Gasteiger partial charge is 0.339 e. The standard InChI is InChI=1S/C12H13Br2N5/c1-6-3-8(4-7(2)9(6)13)18-11-10(14)12(19-15)17-5-16-11/h3-5H,15H2,1-2H3,(H2,16,17,18,19). The third-order valence-corrected chi connectivity index (χ3v) is 4.63. The quantitative estimate of drug-likeness (QED) is 0.554. The molecular formula is C12H13Br2N5. The van der Waals surface area contributed by atoms with Crippen molar-refractivity contribution in [1.29, 1.82) is 0 Å². The van der Waals surface area contributed by atoms with Crippen LogP contribution in [0.3, 0.4) is 0 Å². The van der Waals surface area contributed by atoms with Crippen molar-refractivity contribution in [3.63, 3.8) is 0 Å². The Hall–Kier alpha value is -1.18. The number of nitrogens with zero attached hydrogens (tertiary/aromatic N) is 2. The number of aromatic nitrogens is 2. The number of nitrogen functional groups attached to an aromatic ring is 1. The maximum Gasteiger partial charge on any atom is 0.159 e. The van der Waals surface area contributed by atoms with Crippen molar-refractivity contribution in [2.24, 2.45) is 5.84 Å². The lowest BCUT2D eigenvalue weighted by Gasteiger charge is -2.12. The van der Waals surface area contributed by atoms with Gasteiger partial charge in [-0.1, -0.05) is 15.9 Å². The Balaban J connectivity index is 2.36. The van der Waals surface area contributed by atoms with Crippen molar-refractivity contribution in [2.75, 3.05) is 10.7 Å². The fraction of sp³-hybridized carbons (Fsp3) is 0.167. The summed E-state index contributed by atoms with van der Waals surface area (Å²) in [7, 11) is 0. The minimum Gasteiger partial charge on any atom is -0.339 e. The van der Waals surface area contributed by atoms with Crippen LogP contribution in [0.1, 0.15) is 11.1 Å². The smallest absolute Gasteiger partial charge is 0.159 e. The van der Waals surface area contributed by atoms with Crippen molar-refractivity contribution in [3.05, 3.63) is 38.5 Å². The number of hydrogen-bond donors (Lipinski definition) is 3. The Morgan fingerprint density at radius 2 is 1.58 bits per heavy atom. The molecule has 1 aromatic carbocycles. The van der Waals surface area contributed by atoms with Crippen LogP contribution in [-0.4, -0.2) is 9.97 Å². The third-order valence-electron chi connectivity index (χ3n) is 2.63. The van der Waals surface area contributed by atoms with Gasteiger partial charge in [0.2, 0.25) is 0 Å². The molecule has 7 heteroatoms. The SMILES string of the molecule is Cc1cc(Nc2ncnc(NN)c2Br)cc(C)c1Br. The van der Waals surface area contributed by atoms with Crippen molar-refractivity contribution in [3.8, 4) is 0 Å². The molecule has 0 unspecified atom stereocenters. The number of nitrogens with two attached hydrogens (primary N) is 1. The topological polar surface area (TPSA) is 75.9 Å². The zero-order chi connectivity index (χ0) is 14.0. The van der Waals surface area contributed by atoms with Crippen LogP contribution < -0.4 is 16.6 Å². The van der Waals surface area contributed by atoms with E-state index >= 15 is 0 Å². The lowest BCUT2D eigenvalue weighted by molar-refractivity contribution is 1.12. The molecule has 1 aromatic heterocycles. The lowest BCUT2D eigenvalue weighted by Crippen LogP contribution is -2.10. The van der Waals surface area contributed by atoms with Gasteiger partial charge in [-0.05, 0) is 53.0 Å². The zero-order valence-corrected chi connectivity index (χ0v) is 13.6. The molecule has 0 aliphatic heterocycles. The first-order valence-electron chi connectivity index (χ1n) is 5.53. The van der Waals surface area contributed by atoms with E-state index in [1.165, 1.54) is 6.33 Å². The average Bonchev–Trinajstić information content (AvgIpc) is 2.38. The van der Waals surface area contributed by atoms with Gasteiger partial charge in [0, 0.05) is 10.2 Å². The van der Waals surface area contributed by atoms with Gasteiger partial charge >= 0.3 is 0 Å². The Kier molecular flexibility index (Phi) is 4.38. The molecule has 0 fully saturated rings. The highest BCUT2D eigenvalue weighted by molar-refractivity contribution is 9.11. The van der Waals surface area contributed by atoms with E-state index in [0.717, 1.165) is 21.3 Å². The number of nitrogens with one attached hydrogen (secondary N) is 2. The molecule has 0 atom stereocenters. The molecule has 4 N–H and O–H groups in total. The molecule has 0 saturated heterocycles. The Labute approximate surface area is 128 Å². The van der Waals surface area contributed by atoms with Crippen molar-refractivity contribution in [1.82, 2.24) is 9.97 Å². The Bertz CT molecular complexity index is 592. The van der Waals surface area contributed by atoms with Crippen LogP contribution in [0.5, 0.6) is 0 Å². The Morgan fingerprint density at radius 3 is 2.16 bits per heavy atom. The fourth-order valence-corrected chi connectivity index (χ4v) is 2.36. The molecule has 0 spiro atoms. The van der Waals surface area contributed by atoms with Crippen LogP contribution in [0.4, 0.5) is 17.3 Å². The highest BCUT2D eigenvalue weighted by Gasteiger charge is 2.09. The van der Waals surface area contributed by atoms with E-state index < -0.39 is 0 Å². The number of hydrazine groups is 1. The van der Waals surface area contributed by atoms with Crippen LogP contribution in [0.15, 0.2) is 27.4 Å². The second-order valence-corrected chi connectivity index (χ2v) is 5.66. The first kappa shape index (κ1) is 14.2. The molecule has 5 nitrogen and oxygen atoms in total. The number of rotatable bonds is 3. The van der Waals surface area contributed by atoms with Gasteiger partial charge in [0.1, 0.15) is 16.6 Å². The van der Waals surface area contributed by atoms with E-state index in [1.54, 1.807) is 0 Å². The monoisotopic (exact) mass is 385 g/mol. The van der Waals surface area contributed by atoms with E-state index in [-0.39, 0.29) is 0 Å². The molecule has 100 valence electrons. The van der Waals surface area contributed by atoms with Crippen LogP contribution in [0.25, 0.3) is 0 Å². The van der Waals surface area contributed by atoms with Crippen LogP contribution in [0, 0.1) is 13.8 Å². The van der Waals surface area contributed by atoms with E-state index in [0.29, 0.717) is 16.1 Å². The summed E-state index contributed by atoms with van der Waals surface area (Å²) in [5.74, 6) is 6.56. The van der Waals surface area contributed by atoms with Gasteiger partial charge in [-0.3, -0.25) is 0 Å². The number of aryl methyl sites for hydroxylation is 2. The van der Waals surface area contributed by atoms with Crippen molar-refractivity contribution < 1.29 is 0 Å². The molecule has 0 aliphatic rings. The molecule has 2 rings (SSSR count). The van der Waals surface area contributed by atoms with E-state index in [4.69, 9.17) is 5.84 Å². The summed E-state index contributed by atoms with van der Waals surface area (Å²) in [6.07, 6.45) is 1.45. The normalized spacial score (nSPS) is 10.4. The van der Waals surface area contributed by atoms with Gasteiger partial charge < -0.3 is 10.7 Å². The lowest BCUT2D eigenvalue weighted by atomic mass is 10.1. The number of anilines is 3. The maximum atomic E-state index is 5.38. The summed E-state index contributed by atoms with van der Waals surface area (Å²) in [5, 5.41) is 3.24. The van der Waals surface area contributed by atoms with Crippen LogP contribution in [-0.2, 0) is 0 Å². The third kappa shape index (κ3) is 3.05. The second kappa shape index (κ2) is 5.85. The molecule has 0 radical (unpaired) electrons. The molecule has 0 bridgehead atoms. The highest BCUT2D eigenvalue weighted by Crippen LogP contribution is 2.31. The van der Waals surface area contributed by atoms with Crippen molar-refractivity contribution in [2.45, 2.75) is 13.8 Å². The summed E-state index contributed by atoms with van der Waals surface area (Å²) in [6.45, 7) is 4.09. The first-order chi connectivity index (χ1) is 9.02. The van der Waals surface area contributed by atoms with Gasteiger partial charge in [-0.15, -0.1) is 0 Å². The number of benzene rings is 1. The molecule has 0 saturated carbocycles. The highest BCUT2D eigenvalue weighted by atomic mass is 79.9. The minimum atomic E-state index is 0.531. The molecule has 19 heavy (non-hydrogen) atoms. The first-order valence-corrected chi connectivity index (χ1v) is 7.12. The minimum absolute atomic E-state index is 0.531.